The predicted octanol–water partition coefficient (Wildman–Crippen LogP) is 3.80. The molecule has 36 heavy (non-hydrogen) atoms. The third kappa shape index (κ3) is 5.04. The lowest BCUT2D eigenvalue weighted by Gasteiger charge is -2.13. The van der Waals surface area contributed by atoms with E-state index in [0.717, 1.165) is 34.8 Å². The van der Waals surface area contributed by atoms with Crippen molar-refractivity contribution in [3.63, 3.8) is 0 Å². The van der Waals surface area contributed by atoms with Crippen molar-refractivity contribution >= 4 is 34.2 Å². The van der Waals surface area contributed by atoms with Crippen LogP contribution >= 0.6 is 0 Å². The molecule has 0 aliphatic rings. The summed E-state index contributed by atoms with van der Waals surface area (Å²) in [7, 11) is 4.71. The van der Waals surface area contributed by atoms with Crippen LogP contribution in [0.4, 0.5) is 16.3 Å². The maximum Gasteiger partial charge on any atom is 0.319 e. The first-order chi connectivity index (χ1) is 17.5. The Hall–Kier alpha value is -4.28. The molecule has 0 radical (unpaired) electrons. The number of anilines is 2. The predicted molar refractivity (Wildman–Crippen MR) is 139 cm³/mol. The number of urea groups is 1. The van der Waals surface area contributed by atoms with Crippen molar-refractivity contribution in [2.24, 2.45) is 0 Å². The summed E-state index contributed by atoms with van der Waals surface area (Å²) in [5.74, 6) is 3.33. The fourth-order valence-corrected chi connectivity index (χ4v) is 3.98. The first kappa shape index (κ1) is 24.8. The van der Waals surface area contributed by atoms with Crippen LogP contribution in [0, 0.1) is 6.92 Å². The molecule has 1 aromatic carbocycles. The fourth-order valence-electron chi connectivity index (χ4n) is 3.98. The van der Waals surface area contributed by atoms with Gasteiger partial charge in [-0.15, -0.1) is 0 Å². The van der Waals surface area contributed by atoms with E-state index in [0.29, 0.717) is 48.2 Å². The lowest BCUT2D eigenvalue weighted by atomic mass is 10.2. The Morgan fingerprint density at radius 3 is 2.56 bits per heavy atom. The smallest absolute Gasteiger partial charge is 0.319 e. The highest BCUT2D eigenvalue weighted by Gasteiger charge is 2.17. The van der Waals surface area contributed by atoms with Gasteiger partial charge in [-0.1, -0.05) is 6.92 Å². The molecule has 0 aliphatic heterocycles. The lowest BCUT2D eigenvalue weighted by Crippen LogP contribution is -2.30. The summed E-state index contributed by atoms with van der Waals surface area (Å²) in [6.07, 6.45) is 1.44. The van der Waals surface area contributed by atoms with Crippen LogP contribution in [0.3, 0.4) is 0 Å². The first-order valence-electron chi connectivity index (χ1n) is 11.7. The van der Waals surface area contributed by atoms with Gasteiger partial charge in [-0.05, 0) is 31.5 Å². The van der Waals surface area contributed by atoms with Gasteiger partial charge in [0.2, 0.25) is 5.88 Å². The molecule has 0 spiro atoms. The minimum Gasteiger partial charge on any atom is -0.497 e. The highest BCUT2D eigenvalue weighted by atomic mass is 16.5. The summed E-state index contributed by atoms with van der Waals surface area (Å²) in [4.78, 5) is 26.5. The number of pyridine rings is 1. The standard InChI is InChI=1S/C25H31N7O4/c1-6-20-28-15(2)22-23(29-18-10-11-21(36-5)31-24(18)32(20)22)26-12-7-13-27-25(33)30-17-9-8-16(34-3)14-19(17)35-4/h8-11,14H,6-7,12-13H2,1-5H3,(H,26,29)(H2,27,30,33). The number of hydrogen-bond acceptors (Lipinski definition) is 8. The number of rotatable bonds is 10. The Bertz CT molecular complexity index is 1390. The van der Waals surface area contributed by atoms with Crippen molar-refractivity contribution in [3.8, 4) is 17.4 Å². The number of carbonyl (C=O) groups excluding carboxylic acids is 1. The van der Waals surface area contributed by atoms with E-state index in [9.17, 15) is 4.79 Å². The van der Waals surface area contributed by atoms with Gasteiger partial charge >= 0.3 is 6.03 Å². The van der Waals surface area contributed by atoms with Crippen LogP contribution in [0.1, 0.15) is 24.9 Å². The number of ether oxygens (including phenoxy) is 3. The van der Waals surface area contributed by atoms with Gasteiger partial charge < -0.3 is 30.2 Å². The van der Waals surface area contributed by atoms with Gasteiger partial charge in [-0.25, -0.2) is 14.8 Å². The zero-order valence-electron chi connectivity index (χ0n) is 21.1. The van der Waals surface area contributed by atoms with Crippen molar-refractivity contribution in [2.45, 2.75) is 26.7 Å². The SMILES string of the molecule is CCc1nc(C)c2c(NCCCNC(=O)Nc3ccc(OC)cc3OC)nc3ccc(OC)nc3n12. The van der Waals surface area contributed by atoms with E-state index in [1.54, 1.807) is 45.6 Å². The molecular formula is C25H31N7O4. The Labute approximate surface area is 209 Å². The maximum atomic E-state index is 12.4. The van der Waals surface area contributed by atoms with E-state index in [-0.39, 0.29) is 6.03 Å². The second-order valence-electron chi connectivity index (χ2n) is 8.04. The van der Waals surface area contributed by atoms with Gasteiger partial charge in [0.25, 0.3) is 0 Å². The Balaban J connectivity index is 1.41. The second-order valence-corrected chi connectivity index (χ2v) is 8.04. The van der Waals surface area contributed by atoms with E-state index >= 15 is 0 Å². The zero-order chi connectivity index (χ0) is 25.7. The largest absolute Gasteiger partial charge is 0.497 e. The number of aryl methyl sites for hydroxylation is 2. The van der Waals surface area contributed by atoms with Crippen LogP contribution in [0.25, 0.3) is 16.7 Å². The summed E-state index contributed by atoms with van der Waals surface area (Å²) in [5.41, 5.74) is 3.77. The third-order valence-electron chi connectivity index (χ3n) is 5.73. The van der Waals surface area contributed by atoms with E-state index in [2.05, 4.69) is 27.9 Å². The van der Waals surface area contributed by atoms with Crippen molar-refractivity contribution in [3.05, 3.63) is 41.9 Å². The number of carbonyl (C=O) groups is 1. The van der Waals surface area contributed by atoms with Gasteiger partial charge in [-0.2, -0.15) is 4.98 Å². The van der Waals surface area contributed by atoms with E-state index in [4.69, 9.17) is 24.2 Å². The number of methoxy groups -OCH3 is 3. The molecule has 0 saturated heterocycles. The van der Waals surface area contributed by atoms with Gasteiger partial charge in [0.15, 0.2) is 11.5 Å². The highest BCUT2D eigenvalue weighted by Crippen LogP contribution is 2.29. The van der Waals surface area contributed by atoms with Crippen molar-refractivity contribution in [2.75, 3.05) is 45.1 Å². The molecule has 0 saturated carbocycles. The number of imidazole rings is 1. The van der Waals surface area contributed by atoms with Crippen LogP contribution in [0.5, 0.6) is 17.4 Å². The molecule has 190 valence electrons. The van der Waals surface area contributed by atoms with Gasteiger partial charge in [0.1, 0.15) is 28.4 Å². The molecule has 4 rings (SSSR count). The average Bonchev–Trinajstić information content (AvgIpc) is 3.25. The first-order valence-corrected chi connectivity index (χ1v) is 11.7. The molecule has 11 nitrogen and oxygen atoms in total. The number of benzene rings is 1. The Morgan fingerprint density at radius 2 is 1.83 bits per heavy atom. The molecule has 0 atom stereocenters. The van der Waals surface area contributed by atoms with Gasteiger partial charge in [-0.3, -0.25) is 4.40 Å². The minimum atomic E-state index is -0.316. The topological polar surface area (TPSA) is 124 Å². The average molecular weight is 494 g/mol. The molecular weight excluding hydrogens is 462 g/mol. The molecule has 3 heterocycles. The van der Waals surface area contributed by atoms with E-state index < -0.39 is 0 Å². The molecule has 4 aromatic rings. The van der Waals surface area contributed by atoms with Crippen LogP contribution in [0.15, 0.2) is 30.3 Å². The van der Waals surface area contributed by atoms with Gasteiger partial charge in [0, 0.05) is 31.6 Å². The number of hydrogen-bond donors (Lipinski definition) is 3. The quantitative estimate of drug-likeness (QED) is 0.285. The zero-order valence-corrected chi connectivity index (χ0v) is 21.1. The summed E-state index contributed by atoms with van der Waals surface area (Å²) < 4.78 is 17.9. The Morgan fingerprint density at radius 1 is 1.00 bits per heavy atom. The number of aromatic nitrogens is 4. The van der Waals surface area contributed by atoms with Crippen LogP contribution in [-0.4, -0.2) is 59.8 Å². The van der Waals surface area contributed by atoms with Crippen LogP contribution in [-0.2, 0) is 6.42 Å². The second kappa shape index (κ2) is 11.0. The molecule has 3 N–H and O–H groups in total. The van der Waals surface area contributed by atoms with Gasteiger partial charge in [0.05, 0.1) is 32.7 Å². The lowest BCUT2D eigenvalue weighted by molar-refractivity contribution is 0.252. The molecule has 2 amide bonds. The summed E-state index contributed by atoms with van der Waals surface area (Å²) in [5, 5.41) is 9.07. The summed E-state index contributed by atoms with van der Waals surface area (Å²) >= 11 is 0. The Kier molecular flexibility index (Phi) is 7.57. The number of amides is 2. The maximum absolute atomic E-state index is 12.4. The van der Waals surface area contributed by atoms with E-state index in [1.165, 1.54) is 0 Å². The minimum absolute atomic E-state index is 0.316. The van der Waals surface area contributed by atoms with Crippen LogP contribution in [0.2, 0.25) is 0 Å². The number of nitrogens with zero attached hydrogens (tertiary/aromatic N) is 4. The third-order valence-corrected chi connectivity index (χ3v) is 5.73. The monoisotopic (exact) mass is 493 g/mol. The van der Waals surface area contributed by atoms with Crippen molar-refractivity contribution < 1.29 is 19.0 Å². The summed E-state index contributed by atoms with van der Waals surface area (Å²) in [6.45, 7) is 5.10. The molecule has 0 bridgehead atoms. The molecule has 3 aromatic heterocycles. The van der Waals surface area contributed by atoms with E-state index in [1.807, 2.05) is 17.4 Å². The molecule has 0 unspecified atom stereocenters. The van der Waals surface area contributed by atoms with Crippen molar-refractivity contribution in [1.29, 1.82) is 0 Å². The fraction of sp³-hybridized carbons (Fsp3) is 0.360. The highest BCUT2D eigenvalue weighted by molar-refractivity contribution is 5.91. The van der Waals surface area contributed by atoms with Crippen LogP contribution < -0.4 is 30.2 Å². The number of nitrogens with one attached hydrogen (secondary N) is 3. The molecule has 11 heteroatoms. The van der Waals surface area contributed by atoms with Crippen molar-refractivity contribution in [1.82, 2.24) is 24.7 Å². The molecule has 0 fully saturated rings. The summed E-state index contributed by atoms with van der Waals surface area (Å²) in [6, 6.07) is 8.57. The normalized spacial score (nSPS) is 10.9. The molecule has 0 aliphatic carbocycles. The number of fused-ring (bicyclic) bond motifs is 3.